The molecular weight excluding hydrogens is 206 g/mol. The van der Waals surface area contributed by atoms with Gasteiger partial charge in [0.1, 0.15) is 5.75 Å². The van der Waals surface area contributed by atoms with Gasteiger partial charge in [0.2, 0.25) is 0 Å². The van der Waals surface area contributed by atoms with E-state index in [0.29, 0.717) is 5.75 Å². The van der Waals surface area contributed by atoms with Gasteiger partial charge in [0, 0.05) is 6.04 Å². The summed E-state index contributed by atoms with van der Waals surface area (Å²) >= 11 is 0. The minimum absolute atomic E-state index is 0.109. The lowest BCUT2D eigenvalue weighted by Gasteiger charge is -2.22. The van der Waals surface area contributed by atoms with Crippen molar-refractivity contribution in [3.8, 4) is 5.75 Å². The van der Waals surface area contributed by atoms with E-state index in [4.69, 9.17) is 15.6 Å². The highest BCUT2D eigenvalue weighted by Crippen LogP contribution is 2.30. The van der Waals surface area contributed by atoms with Crippen molar-refractivity contribution in [2.24, 2.45) is 5.73 Å². The molecule has 0 aromatic heterocycles. The molecule has 0 saturated heterocycles. The summed E-state index contributed by atoms with van der Waals surface area (Å²) in [4.78, 5) is 10.4. The molecule has 0 aliphatic heterocycles. The quantitative estimate of drug-likeness (QED) is 0.811. The average Bonchev–Trinajstić information content (AvgIpc) is 2.26. The zero-order valence-electron chi connectivity index (χ0n) is 8.98. The highest BCUT2D eigenvalue weighted by Gasteiger charge is 2.17. The predicted molar refractivity (Wildman–Crippen MR) is 59.4 cm³/mol. The minimum Gasteiger partial charge on any atom is -0.482 e. The second-order valence-corrected chi connectivity index (χ2v) is 4.04. The Hall–Kier alpha value is -1.55. The Balaban J connectivity index is 2.15. The first kappa shape index (κ1) is 11.0. The van der Waals surface area contributed by atoms with Crippen molar-refractivity contribution in [1.29, 1.82) is 0 Å². The molecule has 0 heterocycles. The largest absolute Gasteiger partial charge is 0.482 e. The lowest BCUT2D eigenvalue weighted by Crippen LogP contribution is -2.17. The Labute approximate surface area is 94.0 Å². The zero-order chi connectivity index (χ0) is 11.5. The van der Waals surface area contributed by atoms with Crippen LogP contribution in [0.5, 0.6) is 5.75 Å². The number of rotatable bonds is 3. The fraction of sp³-hybridized carbons (Fsp3) is 0.417. The number of carbonyl (C=O) groups is 1. The van der Waals surface area contributed by atoms with Gasteiger partial charge < -0.3 is 15.6 Å². The number of aryl methyl sites for hydroxylation is 1. The Morgan fingerprint density at radius 2 is 2.38 bits per heavy atom. The summed E-state index contributed by atoms with van der Waals surface area (Å²) < 4.78 is 5.13. The fourth-order valence-electron chi connectivity index (χ4n) is 2.06. The molecule has 1 aromatic carbocycles. The van der Waals surface area contributed by atoms with E-state index in [9.17, 15) is 4.79 Å². The van der Waals surface area contributed by atoms with Gasteiger partial charge in [-0.05, 0) is 42.5 Å². The minimum atomic E-state index is -0.963. The van der Waals surface area contributed by atoms with E-state index < -0.39 is 5.97 Å². The summed E-state index contributed by atoms with van der Waals surface area (Å²) in [5, 5.41) is 8.51. The van der Waals surface area contributed by atoms with Crippen LogP contribution in [-0.4, -0.2) is 17.7 Å². The second-order valence-electron chi connectivity index (χ2n) is 4.04. The Morgan fingerprint density at radius 3 is 3.12 bits per heavy atom. The van der Waals surface area contributed by atoms with E-state index in [1.165, 1.54) is 5.56 Å². The van der Waals surface area contributed by atoms with E-state index in [0.717, 1.165) is 24.8 Å². The summed E-state index contributed by atoms with van der Waals surface area (Å²) in [5.74, 6) is -0.357. The van der Waals surface area contributed by atoms with Crippen LogP contribution in [0.25, 0.3) is 0 Å². The number of fused-ring (bicyclic) bond motifs is 1. The molecule has 0 radical (unpaired) electrons. The maximum Gasteiger partial charge on any atom is 0.341 e. The maximum absolute atomic E-state index is 10.4. The molecule has 0 bridgehead atoms. The van der Waals surface area contributed by atoms with E-state index in [-0.39, 0.29) is 12.6 Å². The number of ether oxygens (including phenoxy) is 1. The van der Waals surface area contributed by atoms with Gasteiger partial charge >= 0.3 is 5.97 Å². The van der Waals surface area contributed by atoms with Gasteiger partial charge in [-0.3, -0.25) is 0 Å². The highest BCUT2D eigenvalue weighted by atomic mass is 16.5. The molecule has 0 fully saturated rings. The SMILES string of the molecule is NC1CCCc2cc(OCC(=O)O)ccc21. The molecule has 0 spiro atoms. The molecule has 1 aliphatic carbocycles. The molecule has 1 unspecified atom stereocenters. The average molecular weight is 221 g/mol. The molecule has 0 amide bonds. The Bertz CT molecular complexity index is 403. The van der Waals surface area contributed by atoms with Crippen molar-refractivity contribution in [2.45, 2.75) is 25.3 Å². The number of hydrogen-bond donors (Lipinski definition) is 2. The van der Waals surface area contributed by atoms with Crippen molar-refractivity contribution in [1.82, 2.24) is 0 Å². The van der Waals surface area contributed by atoms with E-state index >= 15 is 0 Å². The van der Waals surface area contributed by atoms with Crippen molar-refractivity contribution in [2.75, 3.05) is 6.61 Å². The summed E-state index contributed by atoms with van der Waals surface area (Å²) in [7, 11) is 0. The molecule has 1 aliphatic rings. The molecule has 2 rings (SSSR count). The number of hydrogen-bond acceptors (Lipinski definition) is 3. The van der Waals surface area contributed by atoms with Crippen LogP contribution in [0.1, 0.15) is 30.0 Å². The maximum atomic E-state index is 10.4. The van der Waals surface area contributed by atoms with Gasteiger partial charge in [-0.25, -0.2) is 4.79 Å². The molecule has 16 heavy (non-hydrogen) atoms. The molecule has 4 heteroatoms. The van der Waals surface area contributed by atoms with Gasteiger partial charge in [0.25, 0.3) is 0 Å². The molecule has 1 atom stereocenters. The third kappa shape index (κ3) is 2.33. The zero-order valence-corrected chi connectivity index (χ0v) is 8.98. The smallest absolute Gasteiger partial charge is 0.341 e. The molecule has 4 nitrogen and oxygen atoms in total. The van der Waals surface area contributed by atoms with E-state index in [1.54, 1.807) is 6.07 Å². The van der Waals surface area contributed by atoms with Crippen LogP contribution in [0.15, 0.2) is 18.2 Å². The monoisotopic (exact) mass is 221 g/mol. The molecule has 3 N–H and O–H groups in total. The van der Waals surface area contributed by atoms with Crippen LogP contribution in [-0.2, 0) is 11.2 Å². The first-order valence-electron chi connectivity index (χ1n) is 5.40. The summed E-state index contributed by atoms with van der Waals surface area (Å²) in [6.45, 7) is -0.301. The van der Waals surface area contributed by atoms with Crippen LogP contribution >= 0.6 is 0 Å². The van der Waals surface area contributed by atoms with Crippen molar-refractivity contribution in [3.63, 3.8) is 0 Å². The third-order valence-electron chi connectivity index (χ3n) is 2.84. The number of aliphatic carboxylic acids is 1. The van der Waals surface area contributed by atoms with Crippen molar-refractivity contribution >= 4 is 5.97 Å². The van der Waals surface area contributed by atoms with Crippen molar-refractivity contribution in [3.05, 3.63) is 29.3 Å². The highest BCUT2D eigenvalue weighted by molar-refractivity contribution is 5.68. The van der Waals surface area contributed by atoms with Crippen LogP contribution in [0.2, 0.25) is 0 Å². The standard InChI is InChI=1S/C12H15NO3/c13-11-3-1-2-8-6-9(4-5-10(8)11)16-7-12(14)15/h4-6,11H,1-3,7,13H2,(H,14,15). The molecule has 1 aromatic rings. The number of benzene rings is 1. The van der Waals surface area contributed by atoms with Crippen LogP contribution in [0.4, 0.5) is 0 Å². The lowest BCUT2D eigenvalue weighted by atomic mass is 9.88. The summed E-state index contributed by atoms with van der Waals surface area (Å²) in [5.41, 5.74) is 8.33. The van der Waals surface area contributed by atoms with Crippen LogP contribution in [0, 0.1) is 0 Å². The first-order valence-corrected chi connectivity index (χ1v) is 5.40. The number of carboxylic acids is 1. The lowest BCUT2D eigenvalue weighted by molar-refractivity contribution is -0.139. The number of carboxylic acid groups (broad SMARTS) is 1. The van der Waals surface area contributed by atoms with Gasteiger partial charge in [-0.2, -0.15) is 0 Å². The topological polar surface area (TPSA) is 72.5 Å². The Morgan fingerprint density at radius 1 is 1.56 bits per heavy atom. The summed E-state index contributed by atoms with van der Waals surface area (Å²) in [6, 6.07) is 5.73. The summed E-state index contributed by atoms with van der Waals surface area (Å²) in [6.07, 6.45) is 3.09. The molecular formula is C12H15NO3. The normalized spacial score (nSPS) is 18.9. The molecule has 0 saturated carbocycles. The fourth-order valence-corrected chi connectivity index (χ4v) is 2.06. The first-order chi connectivity index (χ1) is 7.66. The van der Waals surface area contributed by atoms with Crippen LogP contribution in [0.3, 0.4) is 0 Å². The third-order valence-corrected chi connectivity index (χ3v) is 2.84. The van der Waals surface area contributed by atoms with E-state index in [1.807, 2.05) is 12.1 Å². The van der Waals surface area contributed by atoms with Crippen LogP contribution < -0.4 is 10.5 Å². The second kappa shape index (κ2) is 4.53. The number of nitrogens with two attached hydrogens (primary N) is 1. The Kier molecular flexibility index (Phi) is 3.10. The van der Waals surface area contributed by atoms with E-state index in [2.05, 4.69) is 0 Å². The van der Waals surface area contributed by atoms with Gasteiger partial charge in [-0.15, -0.1) is 0 Å². The predicted octanol–water partition coefficient (Wildman–Crippen LogP) is 1.49. The molecule has 86 valence electrons. The van der Waals surface area contributed by atoms with Gasteiger partial charge in [-0.1, -0.05) is 6.07 Å². The van der Waals surface area contributed by atoms with Gasteiger partial charge in [0.15, 0.2) is 6.61 Å². The van der Waals surface area contributed by atoms with Gasteiger partial charge in [0.05, 0.1) is 0 Å². The van der Waals surface area contributed by atoms with Crippen molar-refractivity contribution < 1.29 is 14.6 Å².